The van der Waals surface area contributed by atoms with Gasteiger partial charge in [0.25, 0.3) is 0 Å². The number of rotatable bonds is 2. The van der Waals surface area contributed by atoms with E-state index in [-0.39, 0.29) is 0 Å². The van der Waals surface area contributed by atoms with Crippen molar-refractivity contribution in [1.82, 2.24) is 0 Å². The van der Waals surface area contributed by atoms with Crippen molar-refractivity contribution in [2.75, 3.05) is 0 Å². The number of hydrogen-bond donors (Lipinski definition) is 0. The first kappa shape index (κ1) is 8.03. The molecule has 0 aliphatic heterocycles. The van der Waals surface area contributed by atoms with E-state index in [0.717, 1.165) is 32.1 Å². The van der Waals surface area contributed by atoms with E-state index in [9.17, 15) is 4.39 Å². The van der Waals surface area contributed by atoms with E-state index in [1.165, 1.54) is 0 Å². The van der Waals surface area contributed by atoms with E-state index < -0.39 is 5.67 Å². The normalized spacial score (nSPS) is 24.0. The Balaban J connectivity index is 2.36. The van der Waals surface area contributed by atoms with Gasteiger partial charge in [-0.15, -0.1) is 0 Å². The van der Waals surface area contributed by atoms with Gasteiger partial charge in [0.15, 0.2) is 0 Å². The van der Waals surface area contributed by atoms with Crippen molar-refractivity contribution in [2.24, 2.45) is 5.92 Å². The average Bonchev–Trinajstić information content (AvgIpc) is 2.12. The molecule has 1 saturated carbocycles. The topological polar surface area (TPSA) is 0 Å². The Morgan fingerprint density at radius 2 is 1.80 bits per heavy atom. The summed E-state index contributed by atoms with van der Waals surface area (Å²) in [6, 6.07) is 0. The van der Waals surface area contributed by atoms with Gasteiger partial charge in [0.1, 0.15) is 5.67 Å². The molecule has 0 bridgehead atoms. The monoisotopic (exact) mass is 144 g/mol. The van der Waals surface area contributed by atoms with Crippen LogP contribution in [0.4, 0.5) is 4.39 Å². The second-order valence-electron chi connectivity index (χ2n) is 3.96. The molecule has 0 saturated heterocycles. The van der Waals surface area contributed by atoms with Crippen LogP contribution in [0.1, 0.15) is 46.0 Å². The van der Waals surface area contributed by atoms with E-state index in [2.05, 4.69) is 13.8 Å². The van der Waals surface area contributed by atoms with Gasteiger partial charge in [0.05, 0.1) is 0 Å². The molecular formula is C9H17F. The van der Waals surface area contributed by atoms with Crippen molar-refractivity contribution in [1.29, 1.82) is 0 Å². The van der Waals surface area contributed by atoms with E-state index >= 15 is 0 Å². The molecule has 0 aromatic carbocycles. The Kier molecular flexibility index (Phi) is 2.32. The maximum Gasteiger partial charge on any atom is 0.111 e. The van der Waals surface area contributed by atoms with Gasteiger partial charge in [-0.3, -0.25) is 0 Å². The maximum atomic E-state index is 13.6. The van der Waals surface area contributed by atoms with Crippen molar-refractivity contribution in [3.63, 3.8) is 0 Å². The van der Waals surface area contributed by atoms with Crippen LogP contribution in [0.3, 0.4) is 0 Å². The molecule has 0 unspecified atom stereocenters. The number of alkyl halides is 1. The molecule has 0 aromatic rings. The molecule has 1 aliphatic carbocycles. The Bertz CT molecular complexity index is 101. The molecule has 1 heteroatoms. The minimum absolute atomic E-state index is 0.517. The first-order valence-corrected chi connectivity index (χ1v) is 4.31. The zero-order chi connectivity index (χ0) is 7.61. The van der Waals surface area contributed by atoms with Crippen molar-refractivity contribution >= 4 is 0 Å². The second-order valence-corrected chi connectivity index (χ2v) is 3.96. The summed E-state index contributed by atoms with van der Waals surface area (Å²) in [6.07, 6.45) is 4.59. The summed E-state index contributed by atoms with van der Waals surface area (Å²) < 4.78 is 13.6. The van der Waals surface area contributed by atoms with Crippen molar-refractivity contribution in [3.8, 4) is 0 Å². The lowest BCUT2D eigenvalue weighted by Gasteiger charge is -2.20. The highest BCUT2D eigenvalue weighted by atomic mass is 19.1. The molecule has 10 heavy (non-hydrogen) atoms. The Labute approximate surface area is 62.8 Å². The van der Waals surface area contributed by atoms with Crippen LogP contribution in [-0.4, -0.2) is 5.67 Å². The van der Waals surface area contributed by atoms with Crippen LogP contribution >= 0.6 is 0 Å². The average molecular weight is 144 g/mol. The van der Waals surface area contributed by atoms with Crippen LogP contribution < -0.4 is 0 Å². The molecule has 1 rings (SSSR count). The highest BCUT2D eigenvalue weighted by Gasteiger charge is 2.33. The lowest BCUT2D eigenvalue weighted by molar-refractivity contribution is 0.139. The number of halogens is 1. The standard InChI is InChI=1S/C9H17F/c1-8(2)7-9(10)5-3-4-6-9/h8H,3-7H2,1-2H3. The van der Waals surface area contributed by atoms with E-state index in [0.29, 0.717) is 5.92 Å². The summed E-state index contributed by atoms with van der Waals surface area (Å²) in [7, 11) is 0. The van der Waals surface area contributed by atoms with Crippen molar-refractivity contribution < 1.29 is 4.39 Å². The highest BCUT2D eigenvalue weighted by Crippen LogP contribution is 2.38. The summed E-state index contributed by atoms with van der Waals surface area (Å²) in [5, 5.41) is 0. The highest BCUT2D eigenvalue weighted by molar-refractivity contribution is 4.85. The van der Waals surface area contributed by atoms with Crippen LogP contribution in [0.15, 0.2) is 0 Å². The van der Waals surface area contributed by atoms with E-state index in [1.807, 2.05) is 0 Å². The molecule has 0 N–H and O–H groups in total. The van der Waals surface area contributed by atoms with Crippen LogP contribution in [-0.2, 0) is 0 Å². The molecule has 1 fully saturated rings. The second kappa shape index (κ2) is 2.89. The molecule has 60 valence electrons. The maximum absolute atomic E-state index is 13.6. The van der Waals surface area contributed by atoms with E-state index in [4.69, 9.17) is 0 Å². The molecule has 0 amide bonds. The summed E-state index contributed by atoms with van der Waals surface area (Å²) in [4.78, 5) is 0. The molecule has 0 radical (unpaired) electrons. The first-order valence-electron chi connectivity index (χ1n) is 4.31. The number of hydrogen-bond acceptors (Lipinski definition) is 0. The van der Waals surface area contributed by atoms with Gasteiger partial charge in [-0.1, -0.05) is 26.7 Å². The molecule has 0 spiro atoms. The summed E-state index contributed by atoms with van der Waals surface area (Å²) in [5.74, 6) is 0.517. The smallest absolute Gasteiger partial charge is 0.111 e. The third-order valence-electron chi connectivity index (χ3n) is 2.27. The fourth-order valence-corrected chi connectivity index (χ4v) is 1.94. The Morgan fingerprint density at radius 3 is 2.20 bits per heavy atom. The lowest BCUT2D eigenvalue weighted by atomic mass is 9.93. The van der Waals surface area contributed by atoms with Gasteiger partial charge < -0.3 is 0 Å². The fourth-order valence-electron chi connectivity index (χ4n) is 1.94. The molecule has 0 heterocycles. The van der Waals surface area contributed by atoms with Gasteiger partial charge in [-0.25, -0.2) is 4.39 Å². The molecule has 0 aromatic heterocycles. The van der Waals surface area contributed by atoms with Crippen LogP contribution in [0.2, 0.25) is 0 Å². The van der Waals surface area contributed by atoms with Crippen LogP contribution in [0, 0.1) is 5.92 Å². The minimum Gasteiger partial charge on any atom is -0.244 e. The first-order chi connectivity index (χ1) is 4.62. The van der Waals surface area contributed by atoms with Crippen LogP contribution in [0.5, 0.6) is 0 Å². The van der Waals surface area contributed by atoms with Crippen molar-refractivity contribution in [2.45, 2.75) is 51.6 Å². The predicted molar refractivity (Wildman–Crippen MR) is 41.8 cm³/mol. The summed E-state index contributed by atoms with van der Waals surface area (Å²) >= 11 is 0. The van der Waals surface area contributed by atoms with Gasteiger partial charge in [-0.05, 0) is 25.2 Å². The van der Waals surface area contributed by atoms with Crippen molar-refractivity contribution in [3.05, 3.63) is 0 Å². The minimum atomic E-state index is -0.784. The Morgan fingerprint density at radius 1 is 1.30 bits per heavy atom. The zero-order valence-electron chi connectivity index (χ0n) is 6.99. The SMILES string of the molecule is CC(C)CC1(F)CCCC1. The van der Waals surface area contributed by atoms with Gasteiger partial charge in [0, 0.05) is 0 Å². The zero-order valence-corrected chi connectivity index (χ0v) is 6.99. The molecule has 1 aliphatic rings. The molecule has 0 atom stereocenters. The third kappa shape index (κ3) is 1.96. The Hall–Kier alpha value is -0.0700. The molecular weight excluding hydrogens is 127 g/mol. The van der Waals surface area contributed by atoms with Gasteiger partial charge in [0.2, 0.25) is 0 Å². The summed E-state index contributed by atoms with van der Waals surface area (Å²) in [5.41, 5.74) is -0.784. The largest absolute Gasteiger partial charge is 0.244 e. The lowest BCUT2D eigenvalue weighted by Crippen LogP contribution is -2.19. The van der Waals surface area contributed by atoms with Crippen LogP contribution in [0.25, 0.3) is 0 Å². The predicted octanol–water partition coefficient (Wildman–Crippen LogP) is 3.31. The van der Waals surface area contributed by atoms with Gasteiger partial charge in [-0.2, -0.15) is 0 Å². The third-order valence-corrected chi connectivity index (χ3v) is 2.27. The summed E-state index contributed by atoms with van der Waals surface area (Å²) in [6.45, 7) is 4.19. The van der Waals surface area contributed by atoms with Gasteiger partial charge >= 0.3 is 0 Å². The van der Waals surface area contributed by atoms with E-state index in [1.54, 1.807) is 0 Å². The quantitative estimate of drug-likeness (QED) is 0.557. The fraction of sp³-hybridized carbons (Fsp3) is 1.00. The molecule has 0 nitrogen and oxygen atoms in total.